The lowest BCUT2D eigenvalue weighted by molar-refractivity contribution is -0.107. The zero-order valence-electron chi connectivity index (χ0n) is 9.99. The van der Waals surface area contributed by atoms with Crippen LogP contribution in [0.3, 0.4) is 0 Å². The van der Waals surface area contributed by atoms with Crippen LogP contribution in [0.15, 0.2) is 0 Å². The van der Waals surface area contributed by atoms with Crippen LogP contribution in [0.1, 0.15) is 6.92 Å². The summed E-state index contributed by atoms with van der Waals surface area (Å²) in [6.45, 7) is 0.960. The summed E-state index contributed by atoms with van der Waals surface area (Å²) in [7, 11) is -9.84. The first-order chi connectivity index (χ1) is 8.58. The minimum absolute atomic E-state index is 0.620. The molecule has 0 spiro atoms. The summed E-state index contributed by atoms with van der Waals surface area (Å²) in [6, 6.07) is 0. The maximum absolute atomic E-state index is 12.0. The quantitative estimate of drug-likeness (QED) is 0.682. The highest BCUT2D eigenvalue weighted by molar-refractivity contribution is 7.95. The van der Waals surface area contributed by atoms with E-state index in [0.717, 1.165) is 6.92 Å². The number of rotatable bonds is 6. The molecular formula is C8H11F6O4S2. The molecule has 0 saturated carbocycles. The molecule has 4 nitrogen and oxygen atoms in total. The third kappa shape index (κ3) is 7.92. The highest BCUT2D eigenvalue weighted by Gasteiger charge is 2.42. The molecule has 0 amide bonds. The van der Waals surface area contributed by atoms with Crippen LogP contribution in [0.25, 0.3) is 0 Å². The predicted molar refractivity (Wildman–Crippen MR) is 58.3 cm³/mol. The van der Waals surface area contributed by atoms with Crippen LogP contribution in [0.5, 0.6) is 0 Å². The van der Waals surface area contributed by atoms with Crippen molar-refractivity contribution in [3.8, 4) is 0 Å². The van der Waals surface area contributed by atoms with Gasteiger partial charge in [-0.3, -0.25) is 0 Å². The Morgan fingerprint density at radius 2 is 1.30 bits per heavy atom. The minimum atomic E-state index is -5.10. The molecule has 12 heteroatoms. The standard InChI is InChI=1S/C8H11F6O4S2/c1-2-6(20(17,18)5-8(12,13)14)3-19(15,16)4-7(9,10)11/h2,6H,3-5H2,1H3. The number of alkyl halides is 6. The van der Waals surface area contributed by atoms with Gasteiger partial charge in [-0.1, -0.05) is 6.92 Å². The van der Waals surface area contributed by atoms with E-state index in [2.05, 4.69) is 0 Å². The molecule has 0 aliphatic rings. The van der Waals surface area contributed by atoms with Crippen molar-refractivity contribution in [1.82, 2.24) is 0 Å². The second-order valence-corrected chi connectivity index (χ2v) is 8.29. The summed E-state index contributed by atoms with van der Waals surface area (Å²) >= 11 is 0. The van der Waals surface area contributed by atoms with Crippen molar-refractivity contribution in [1.29, 1.82) is 0 Å². The highest BCUT2D eigenvalue weighted by Crippen LogP contribution is 2.23. The number of sulfone groups is 2. The van der Waals surface area contributed by atoms with Crippen molar-refractivity contribution in [2.75, 3.05) is 17.3 Å². The molecule has 0 N–H and O–H groups in total. The number of halogens is 6. The molecule has 0 bridgehead atoms. The van der Waals surface area contributed by atoms with E-state index in [1.165, 1.54) is 0 Å². The molecule has 1 unspecified atom stereocenters. The van der Waals surface area contributed by atoms with Gasteiger partial charge in [0.2, 0.25) is 0 Å². The van der Waals surface area contributed by atoms with Gasteiger partial charge in [0.25, 0.3) is 0 Å². The monoisotopic (exact) mass is 349 g/mol. The Bertz CT molecular complexity index is 516. The van der Waals surface area contributed by atoms with E-state index in [9.17, 15) is 43.2 Å². The van der Waals surface area contributed by atoms with Gasteiger partial charge in [0.05, 0.1) is 11.0 Å². The van der Waals surface area contributed by atoms with Gasteiger partial charge in [-0.25, -0.2) is 16.8 Å². The summed E-state index contributed by atoms with van der Waals surface area (Å²) < 4.78 is 117. The van der Waals surface area contributed by atoms with Crippen LogP contribution in [-0.2, 0) is 19.7 Å². The van der Waals surface area contributed by atoms with Crippen molar-refractivity contribution in [3.63, 3.8) is 0 Å². The van der Waals surface area contributed by atoms with Crippen LogP contribution in [0.2, 0.25) is 0 Å². The smallest absolute Gasteiger partial charge is 0.228 e. The van der Waals surface area contributed by atoms with E-state index in [1.54, 1.807) is 0 Å². The summed E-state index contributed by atoms with van der Waals surface area (Å²) in [5.41, 5.74) is 0. The topological polar surface area (TPSA) is 68.3 Å². The van der Waals surface area contributed by atoms with Crippen molar-refractivity contribution >= 4 is 19.7 Å². The Balaban J connectivity index is 5.14. The summed E-state index contributed by atoms with van der Waals surface area (Å²) in [5.74, 6) is -6.12. The Labute approximate surface area is 112 Å². The van der Waals surface area contributed by atoms with E-state index >= 15 is 0 Å². The Hall–Kier alpha value is -0.520. The van der Waals surface area contributed by atoms with Gasteiger partial charge in [-0.05, 0) is 6.42 Å². The Morgan fingerprint density at radius 1 is 0.900 bits per heavy atom. The van der Waals surface area contributed by atoms with Gasteiger partial charge in [-0.2, -0.15) is 26.3 Å². The molecule has 0 aliphatic carbocycles. The van der Waals surface area contributed by atoms with Gasteiger partial charge in [-0.15, -0.1) is 0 Å². The molecule has 0 rings (SSSR count). The molecule has 1 atom stereocenters. The summed E-state index contributed by atoms with van der Waals surface area (Å²) in [6.07, 6.45) is -9.58. The first-order valence-electron chi connectivity index (χ1n) is 4.93. The summed E-state index contributed by atoms with van der Waals surface area (Å²) in [5, 5.41) is -2.14. The molecule has 0 aromatic heterocycles. The average Bonchev–Trinajstić information content (AvgIpc) is 2.05. The van der Waals surface area contributed by atoms with Crippen LogP contribution in [-0.4, -0.2) is 51.7 Å². The Morgan fingerprint density at radius 3 is 1.60 bits per heavy atom. The van der Waals surface area contributed by atoms with Crippen molar-refractivity contribution in [2.24, 2.45) is 0 Å². The zero-order chi connectivity index (χ0) is 16.4. The lowest BCUT2D eigenvalue weighted by Gasteiger charge is -2.17. The van der Waals surface area contributed by atoms with Crippen LogP contribution in [0.4, 0.5) is 26.3 Å². The van der Waals surface area contributed by atoms with Crippen molar-refractivity contribution < 1.29 is 43.2 Å². The third-order valence-corrected chi connectivity index (χ3v) is 5.94. The van der Waals surface area contributed by atoms with Gasteiger partial charge in [0.15, 0.2) is 19.7 Å². The first-order valence-corrected chi connectivity index (χ1v) is 8.47. The van der Waals surface area contributed by atoms with E-state index < -0.39 is 54.5 Å². The first kappa shape index (κ1) is 19.5. The fourth-order valence-corrected chi connectivity index (χ4v) is 5.15. The van der Waals surface area contributed by atoms with Gasteiger partial charge >= 0.3 is 12.4 Å². The maximum Gasteiger partial charge on any atom is 0.402 e. The molecule has 1 radical (unpaired) electrons. The summed E-state index contributed by atoms with van der Waals surface area (Å²) in [4.78, 5) is 0. The second kappa shape index (κ2) is 6.08. The molecule has 0 aromatic rings. The normalized spacial score (nSPS) is 16.1. The lowest BCUT2D eigenvalue weighted by atomic mass is 10.4. The highest BCUT2D eigenvalue weighted by atomic mass is 32.2. The maximum atomic E-state index is 12.0. The fraction of sp³-hybridized carbons (Fsp3) is 0.875. The van der Waals surface area contributed by atoms with Crippen LogP contribution < -0.4 is 0 Å². The van der Waals surface area contributed by atoms with Crippen molar-refractivity contribution in [3.05, 3.63) is 6.42 Å². The van der Waals surface area contributed by atoms with E-state index in [1.807, 2.05) is 0 Å². The largest absolute Gasteiger partial charge is 0.402 e. The van der Waals surface area contributed by atoms with Crippen LogP contribution in [0, 0.1) is 6.42 Å². The molecule has 0 heterocycles. The van der Waals surface area contributed by atoms with Crippen molar-refractivity contribution in [2.45, 2.75) is 24.5 Å². The number of hydrogen-bond acceptors (Lipinski definition) is 4. The lowest BCUT2D eigenvalue weighted by Crippen LogP contribution is -2.38. The second-order valence-electron chi connectivity index (χ2n) is 3.96. The van der Waals surface area contributed by atoms with E-state index in [4.69, 9.17) is 0 Å². The number of hydrogen-bond donors (Lipinski definition) is 0. The molecule has 20 heavy (non-hydrogen) atoms. The zero-order valence-corrected chi connectivity index (χ0v) is 11.6. The fourth-order valence-electron chi connectivity index (χ4n) is 1.30. The Kier molecular flexibility index (Phi) is 5.92. The molecule has 0 saturated heterocycles. The van der Waals surface area contributed by atoms with E-state index in [-0.39, 0.29) is 0 Å². The molecular weight excluding hydrogens is 338 g/mol. The SMILES string of the molecule is C[CH]C(CS(=O)(=O)CC(F)(F)F)S(=O)(=O)CC(F)(F)F. The van der Waals surface area contributed by atoms with E-state index in [0.29, 0.717) is 6.42 Å². The van der Waals surface area contributed by atoms with Crippen LogP contribution >= 0.6 is 0 Å². The average molecular weight is 349 g/mol. The van der Waals surface area contributed by atoms with Gasteiger partial charge in [0.1, 0.15) is 11.5 Å². The molecule has 121 valence electrons. The third-order valence-electron chi connectivity index (χ3n) is 2.00. The molecule has 0 aromatic carbocycles. The minimum Gasteiger partial charge on any atom is -0.228 e. The van der Waals surface area contributed by atoms with Gasteiger partial charge in [0, 0.05) is 0 Å². The van der Waals surface area contributed by atoms with Gasteiger partial charge < -0.3 is 0 Å². The molecule has 0 fully saturated rings. The predicted octanol–water partition coefficient (Wildman–Crippen LogP) is 1.53. The molecule has 0 aliphatic heterocycles.